The largest absolute Gasteiger partial charge is 1.00 e. The summed E-state index contributed by atoms with van der Waals surface area (Å²) in [4.78, 5) is 5.38. The van der Waals surface area contributed by atoms with Crippen molar-refractivity contribution in [3.8, 4) is 11.4 Å². The summed E-state index contributed by atoms with van der Waals surface area (Å²) in [5, 5.41) is 4.04. The van der Waals surface area contributed by atoms with E-state index < -0.39 is 0 Å². The van der Waals surface area contributed by atoms with Gasteiger partial charge in [-0.05, 0) is 70.9 Å². The van der Waals surface area contributed by atoms with Crippen LogP contribution in [0.25, 0.3) is 11.4 Å². The molecule has 1 aromatic heterocycles. The third kappa shape index (κ3) is 11.2. The van der Waals surface area contributed by atoms with Gasteiger partial charge in [-0.2, -0.15) is 9.13 Å². The molecule has 0 radical (unpaired) electrons. The van der Waals surface area contributed by atoms with Crippen LogP contribution in [-0.2, 0) is 0 Å². The van der Waals surface area contributed by atoms with Crippen LogP contribution < -0.4 is 22.3 Å². The maximum Gasteiger partial charge on any atom is 0.410 e. The van der Waals surface area contributed by atoms with Crippen molar-refractivity contribution in [1.82, 2.24) is 4.57 Å². The number of alkyl halides is 4. The fourth-order valence-corrected chi connectivity index (χ4v) is 5.79. The summed E-state index contributed by atoms with van der Waals surface area (Å²) in [5.41, 5.74) is 11.3. The van der Waals surface area contributed by atoms with E-state index in [1.165, 1.54) is 44.8 Å². The van der Waals surface area contributed by atoms with Crippen LogP contribution in [0.4, 0.5) is 11.6 Å². The number of para-hydroxylation sites is 3. The Kier molecular flexibility index (Phi) is 19.3. The Labute approximate surface area is 316 Å². The van der Waals surface area contributed by atoms with Gasteiger partial charge in [0, 0.05) is 12.6 Å². The number of rotatable bonds is 8. The first-order valence-electron chi connectivity index (χ1n) is 16.3. The van der Waals surface area contributed by atoms with Gasteiger partial charge in [0.1, 0.15) is 23.8 Å². The van der Waals surface area contributed by atoms with E-state index in [2.05, 4.69) is 158 Å². The summed E-state index contributed by atoms with van der Waals surface area (Å²) in [6.07, 6.45) is 4.42. The van der Waals surface area contributed by atoms with Gasteiger partial charge in [-0.15, -0.1) is 46.4 Å². The second-order valence-corrected chi connectivity index (χ2v) is 14.4. The second kappa shape index (κ2) is 21.1. The van der Waals surface area contributed by atoms with Crippen LogP contribution in [0.1, 0.15) is 119 Å². The molecule has 4 nitrogen and oxygen atoms in total. The van der Waals surface area contributed by atoms with Gasteiger partial charge in [0.2, 0.25) is 0 Å². The number of aromatic nitrogens is 2. The Morgan fingerprint density at radius 2 is 1.06 bits per heavy atom. The van der Waals surface area contributed by atoms with Crippen molar-refractivity contribution in [2.24, 2.45) is 4.99 Å². The molecule has 0 spiro atoms. The molecule has 0 bridgehead atoms. The first-order valence-corrected chi connectivity index (χ1v) is 18.4. The average Bonchev–Trinajstić information content (AvgIpc) is 3.41. The lowest BCUT2D eigenvalue weighted by Crippen LogP contribution is -3.00. The molecule has 1 heterocycles. The maximum atomic E-state index is 5.38. The van der Waals surface area contributed by atoms with Crippen molar-refractivity contribution >= 4 is 63.9 Å². The van der Waals surface area contributed by atoms with Gasteiger partial charge in [0.05, 0.1) is 10.7 Å². The molecule has 0 atom stereocenters. The van der Waals surface area contributed by atoms with E-state index in [0.29, 0.717) is 23.7 Å². The lowest BCUT2D eigenvalue weighted by Gasteiger charge is -2.19. The lowest BCUT2D eigenvalue weighted by molar-refractivity contribution is -0.581. The first kappa shape index (κ1) is 43.8. The number of amidine groups is 1. The highest BCUT2D eigenvalue weighted by atomic mass is 35.5. The number of anilines is 1. The molecular weight excluding hydrogens is 702 g/mol. The zero-order valence-electron chi connectivity index (χ0n) is 30.3. The maximum absolute atomic E-state index is 5.38. The number of nitrogens with one attached hydrogen (secondary N) is 1. The van der Waals surface area contributed by atoms with Gasteiger partial charge in [-0.25, -0.2) is 0 Å². The minimum absolute atomic E-state index is 0. The summed E-state index contributed by atoms with van der Waals surface area (Å²) in [6.45, 7) is 24.6. The molecule has 0 fully saturated rings. The molecule has 9 heteroatoms. The van der Waals surface area contributed by atoms with E-state index in [1.807, 2.05) is 0 Å². The van der Waals surface area contributed by atoms with Crippen molar-refractivity contribution in [2.45, 2.75) is 99.8 Å². The number of nitrogens with zero attached hydrogens (tertiary/aromatic N) is 3. The molecule has 48 heavy (non-hydrogen) atoms. The van der Waals surface area contributed by atoms with Crippen molar-refractivity contribution < 1.29 is 17.0 Å². The zero-order valence-corrected chi connectivity index (χ0v) is 34.1. The highest BCUT2D eigenvalue weighted by Gasteiger charge is 2.29. The van der Waals surface area contributed by atoms with Gasteiger partial charge in [0.15, 0.2) is 5.84 Å². The lowest BCUT2D eigenvalue weighted by atomic mass is 9.92. The highest BCUT2D eigenvalue weighted by molar-refractivity contribution is 6.41. The van der Waals surface area contributed by atoms with E-state index in [9.17, 15) is 0 Å². The molecule has 0 aliphatic carbocycles. The highest BCUT2D eigenvalue weighted by Crippen LogP contribution is 2.35. The summed E-state index contributed by atoms with van der Waals surface area (Å²) in [7, 11) is 0. The van der Waals surface area contributed by atoms with Crippen LogP contribution in [0.3, 0.4) is 0 Å². The minimum Gasteiger partial charge on any atom is -1.00 e. The van der Waals surface area contributed by atoms with Gasteiger partial charge < -0.3 is 17.7 Å². The van der Waals surface area contributed by atoms with Crippen molar-refractivity contribution in [3.05, 3.63) is 100 Å². The average molecular weight is 755 g/mol. The van der Waals surface area contributed by atoms with Crippen LogP contribution in [0.2, 0.25) is 0 Å². The fraction of sp³-hybridized carbons (Fsp3) is 0.436. The molecular formula is C39H53Cl5N4. The standard InChI is InChI=1S/C37H48N4.2CH2Cl2.ClH/c1-23(2)30-17-13-18-31(24(3)4)35(30)40-21-22-41(36-32(25(5)6)19-14-20-33(36)26(7)8)37(40)39-29(11)38-34-27(9)15-12-16-28(34)10;2*2-1-3;/h12-26H,1-11H3;2*1H2;1H. The van der Waals surface area contributed by atoms with E-state index in [1.54, 1.807) is 0 Å². The number of benzene rings is 3. The topological polar surface area (TPSA) is 33.2 Å². The van der Waals surface area contributed by atoms with Gasteiger partial charge in [-0.3, -0.25) is 0 Å². The van der Waals surface area contributed by atoms with Gasteiger partial charge >= 0.3 is 5.95 Å². The quantitative estimate of drug-likeness (QED) is 0.0827. The van der Waals surface area contributed by atoms with Crippen LogP contribution in [0, 0.1) is 13.8 Å². The number of aliphatic imine (C=N–C) groups is 1. The fourth-order valence-electron chi connectivity index (χ4n) is 5.79. The van der Waals surface area contributed by atoms with Crippen LogP contribution in [-0.4, -0.2) is 21.1 Å². The van der Waals surface area contributed by atoms with Crippen molar-refractivity contribution in [1.29, 1.82) is 0 Å². The van der Waals surface area contributed by atoms with Crippen LogP contribution in [0.15, 0.2) is 72.0 Å². The molecule has 0 aliphatic heterocycles. The smallest absolute Gasteiger partial charge is 0.410 e. The number of hydrogen-bond acceptors (Lipinski definition) is 1. The number of halogens is 5. The van der Waals surface area contributed by atoms with Crippen LogP contribution in [0.5, 0.6) is 0 Å². The van der Waals surface area contributed by atoms with E-state index in [0.717, 1.165) is 17.5 Å². The SMILES string of the molecule is C/C(=N\c1n(-c2c(C(C)C)cccc2C(C)C)cc[n+]1-c1c(C(C)C)cccc1C(C)C)Nc1c(C)cccc1C.ClCCl.ClCCl.[Cl-]. The monoisotopic (exact) mass is 752 g/mol. The van der Waals surface area contributed by atoms with Crippen LogP contribution >= 0.6 is 46.4 Å². The predicted octanol–water partition coefficient (Wildman–Crippen LogP) is 9.87. The Balaban J connectivity index is 0.00000153. The molecule has 1 N–H and O–H groups in total. The van der Waals surface area contributed by atoms with Gasteiger partial charge in [-0.1, -0.05) is 115 Å². The summed E-state index contributed by atoms with van der Waals surface area (Å²) in [5.74, 6) is 3.25. The third-order valence-electron chi connectivity index (χ3n) is 8.02. The number of aryl methyl sites for hydroxylation is 2. The zero-order chi connectivity index (χ0) is 35.4. The van der Waals surface area contributed by atoms with E-state index >= 15 is 0 Å². The summed E-state index contributed by atoms with van der Waals surface area (Å²) < 4.78 is 4.64. The number of imidazole rings is 1. The normalized spacial score (nSPS) is 11.3. The van der Waals surface area contributed by atoms with E-state index in [-0.39, 0.29) is 23.1 Å². The summed E-state index contributed by atoms with van der Waals surface area (Å²) >= 11 is 19.1. The van der Waals surface area contributed by atoms with Gasteiger partial charge in [0.25, 0.3) is 0 Å². The third-order valence-corrected chi connectivity index (χ3v) is 8.02. The molecule has 264 valence electrons. The molecule has 3 aromatic carbocycles. The first-order chi connectivity index (χ1) is 22.2. The Hall–Kier alpha value is -2.21. The molecule has 0 saturated carbocycles. The Morgan fingerprint density at radius 1 is 0.688 bits per heavy atom. The molecule has 4 rings (SSSR count). The molecule has 0 aliphatic rings. The summed E-state index contributed by atoms with van der Waals surface area (Å²) in [6, 6.07) is 19.9. The molecule has 0 unspecified atom stereocenters. The molecule has 0 saturated heterocycles. The Bertz CT molecular complexity index is 1450. The second-order valence-electron chi connectivity index (χ2n) is 12.8. The van der Waals surface area contributed by atoms with Crippen molar-refractivity contribution in [2.75, 3.05) is 16.0 Å². The minimum atomic E-state index is 0. The number of hydrogen-bond donors (Lipinski definition) is 1. The van der Waals surface area contributed by atoms with E-state index in [4.69, 9.17) is 51.4 Å². The van der Waals surface area contributed by atoms with Crippen molar-refractivity contribution in [3.63, 3.8) is 0 Å². The Morgan fingerprint density at radius 3 is 1.46 bits per heavy atom. The predicted molar refractivity (Wildman–Crippen MR) is 209 cm³/mol. The molecule has 4 aromatic rings. The molecule has 0 amide bonds.